The Balaban J connectivity index is 2.33. The molecule has 0 aliphatic carbocycles. The number of ether oxygens (including phenoxy) is 1. The van der Waals surface area contributed by atoms with Crippen molar-refractivity contribution < 1.29 is 18.8 Å². The van der Waals surface area contributed by atoms with Gasteiger partial charge in [-0.15, -0.1) is 0 Å². The van der Waals surface area contributed by atoms with Crippen LogP contribution in [0.1, 0.15) is 40.2 Å². The maximum Gasteiger partial charge on any atom is 0.491 e. The Morgan fingerprint density at radius 1 is 1.36 bits per heavy atom. The van der Waals surface area contributed by atoms with Gasteiger partial charge in [0.25, 0.3) is 0 Å². The summed E-state index contributed by atoms with van der Waals surface area (Å²) < 4.78 is 17.3. The van der Waals surface area contributed by atoms with Gasteiger partial charge in [-0.25, -0.2) is 4.98 Å². The lowest BCUT2D eigenvalue weighted by molar-refractivity contribution is -0.109. The zero-order valence-electron chi connectivity index (χ0n) is 15.4. The van der Waals surface area contributed by atoms with Crippen LogP contribution in [0.2, 0.25) is 5.02 Å². The molecule has 0 amide bonds. The quantitative estimate of drug-likeness (QED) is 0.715. The van der Waals surface area contributed by atoms with E-state index in [4.69, 9.17) is 25.6 Å². The van der Waals surface area contributed by atoms with Gasteiger partial charge >= 0.3 is 7.12 Å². The van der Waals surface area contributed by atoms with E-state index in [9.17, 15) is 4.79 Å². The Morgan fingerprint density at radius 2 is 1.96 bits per heavy atom. The molecule has 8 heteroatoms. The second-order valence-electron chi connectivity index (χ2n) is 6.85. The number of rotatable bonds is 5. The van der Waals surface area contributed by atoms with Gasteiger partial charge in [-0.05, 0) is 44.8 Å². The first-order valence-electron chi connectivity index (χ1n) is 7.95. The van der Waals surface area contributed by atoms with Gasteiger partial charge < -0.3 is 14.0 Å². The van der Waals surface area contributed by atoms with Crippen LogP contribution in [0.25, 0.3) is 6.08 Å². The Bertz CT molecular complexity index is 677. The van der Waals surface area contributed by atoms with E-state index in [1.54, 1.807) is 19.2 Å². The summed E-state index contributed by atoms with van der Waals surface area (Å²) in [5, 5.41) is 0.456. The Morgan fingerprint density at radius 3 is 2.44 bits per heavy atom. The minimum atomic E-state index is -0.530. The molecule has 0 radical (unpaired) electrons. The van der Waals surface area contributed by atoms with Crippen LogP contribution in [0.4, 0.5) is 0 Å². The molecule has 0 atom stereocenters. The van der Waals surface area contributed by atoms with Crippen molar-refractivity contribution in [2.75, 3.05) is 12.9 Å². The van der Waals surface area contributed by atoms with E-state index in [0.717, 1.165) is 11.0 Å². The average Bonchev–Trinajstić information content (AvgIpc) is 2.71. The lowest BCUT2D eigenvalue weighted by Crippen LogP contribution is -2.41. The van der Waals surface area contributed by atoms with Crippen LogP contribution in [0, 0.1) is 0 Å². The number of aromatic nitrogens is 1. The predicted octanol–water partition coefficient (Wildman–Crippen LogP) is 4.04. The second kappa shape index (κ2) is 7.70. The smallest absolute Gasteiger partial charge is 0.480 e. The highest BCUT2D eigenvalue weighted by Gasteiger charge is 2.52. The fourth-order valence-corrected chi connectivity index (χ4v) is 3.08. The van der Waals surface area contributed by atoms with Crippen molar-refractivity contribution in [1.29, 1.82) is 0 Å². The monoisotopic (exact) mass is 383 g/mol. The maximum absolute atomic E-state index is 11.4. The Labute approximate surface area is 158 Å². The van der Waals surface area contributed by atoms with E-state index in [2.05, 4.69) is 4.98 Å². The number of pyridine rings is 1. The number of nitrogens with zero attached hydrogens (tertiary/aromatic N) is 1. The topological polar surface area (TPSA) is 57.7 Å². The summed E-state index contributed by atoms with van der Waals surface area (Å²) in [6, 6.07) is 1.76. The normalized spacial score (nSPS) is 19.2. The first-order valence-corrected chi connectivity index (χ1v) is 9.31. The molecule has 0 bridgehead atoms. The summed E-state index contributed by atoms with van der Waals surface area (Å²) in [6.45, 7) is 9.52. The summed E-state index contributed by atoms with van der Waals surface area (Å²) in [7, 11) is 0.987. The van der Waals surface area contributed by atoms with E-state index >= 15 is 0 Å². The van der Waals surface area contributed by atoms with Crippen molar-refractivity contribution in [3.05, 3.63) is 28.3 Å². The van der Waals surface area contributed by atoms with Crippen LogP contribution in [-0.4, -0.2) is 41.3 Å². The SMILES string of the molecule is COc1ncc(C=C(CSC(C)=O)B2OC(C)(C)C(C)(C)O2)cc1Cl. The Kier molecular flexibility index (Phi) is 6.25. The number of carbonyl (C=O) groups excluding carboxylic acids is 1. The van der Waals surface area contributed by atoms with Gasteiger partial charge in [-0.3, -0.25) is 4.79 Å². The van der Waals surface area contributed by atoms with Crippen molar-refractivity contribution in [1.82, 2.24) is 4.98 Å². The van der Waals surface area contributed by atoms with Gasteiger partial charge in [0.1, 0.15) is 5.02 Å². The van der Waals surface area contributed by atoms with Gasteiger partial charge in [0.05, 0.1) is 18.3 Å². The van der Waals surface area contributed by atoms with Crippen LogP contribution < -0.4 is 4.74 Å². The molecule has 2 heterocycles. The second-order valence-corrected chi connectivity index (χ2v) is 8.41. The molecule has 0 N–H and O–H groups in total. The van der Waals surface area contributed by atoms with Gasteiger partial charge in [-0.1, -0.05) is 29.4 Å². The highest BCUT2D eigenvalue weighted by atomic mass is 35.5. The van der Waals surface area contributed by atoms with Gasteiger partial charge in [-0.2, -0.15) is 0 Å². The zero-order chi connectivity index (χ0) is 18.8. The molecule has 0 unspecified atom stereocenters. The minimum Gasteiger partial charge on any atom is -0.480 e. The maximum atomic E-state index is 11.4. The molecule has 1 aliphatic rings. The van der Waals surface area contributed by atoms with Crippen molar-refractivity contribution in [2.45, 2.75) is 45.8 Å². The molecule has 1 aromatic heterocycles. The van der Waals surface area contributed by atoms with Gasteiger partial charge in [0.15, 0.2) is 5.12 Å². The number of hydrogen-bond acceptors (Lipinski definition) is 6. The third-order valence-electron chi connectivity index (χ3n) is 4.37. The van der Waals surface area contributed by atoms with E-state index in [1.165, 1.54) is 18.9 Å². The summed E-state index contributed by atoms with van der Waals surface area (Å²) in [5.41, 5.74) is 0.738. The van der Waals surface area contributed by atoms with E-state index in [0.29, 0.717) is 16.7 Å². The molecule has 136 valence electrons. The van der Waals surface area contributed by atoms with Crippen molar-refractivity contribution in [3.8, 4) is 5.88 Å². The van der Waals surface area contributed by atoms with Crippen LogP contribution in [0.5, 0.6) is 5.88 Å². The third kappa shape index (κ3) is 4.79. The number of thioether (sulfide) groups is 1. The number of methoxy groups -OCH3 is 1. The molecule has 1 aromatic rings. The van der Waals surface area contributed by atoms with E-state index in [-0.39, 0.29) is 5.12 Å². The fraction of sp³-hybridized carbons (Fsp3) is 0.529. The average molecular weight is 384 g/mol. The molecular weight excluding hydrogens is 361 g/mol. The number of carbonyl (C=O) groups is 1. The minimum absolute atomic E-state index is 0.0355. The molecule has 0 aromatic carbocycles. The molecule has 5 nitrogen and oxygen atoms in total. The first-order chi connectivity index (χ1) is 11.6. The standard InChI is InChI=1S/C17H23BClNO4S/c1-11(21)25-10-13(18-23-16(2,3)17(4,5)24-18)7-12-8-14(19)15(22-6)20-9-12/h7-9H,10H2,1-6H3. The van der Waals surface area contributed by atoms with Crippen LogP contribution in [-0.2, 0) is 14.1 Å². The zero-order valence-corrected chi connectivity index (χ0v) is 17.0. The number of hydrogen-bond donors (Lipinski definition) is 0. The molecule has 0 saturated carbocycles. The van der Waals surface area contributed by atoms with E-state index < -0.39 is 18.3 Å². The fourth-order valence-electron chi connectivity index (χ4n) is 2.24. The highest BCUT2D eigenvalue weighted by Crippen LogP contribution is 2.39. The molecule has 25 heavy (non-hydrogen) atoms. The lowest BCUT2D eigenvalue weighted by atomic mass is 9.78. The summed E-state index contributed by atoms with van der Waals surface area (Å²) >= 11 is 7.36. The summed E-state index contributed by atoms with van der Waals surface area (Å²) in [5.74, 6) is 0.838. The third-order valence-corrected chi connectivity index (χ3v) is 5.53. The molecule has 0 spiro atoms. The van der Waals surface area contributed by atoms with Crippen molar-refractivity contribution >= 4 is 41.7 Å². The summed E-state index contributed by atoms with van der Waals surface area (Å²) in [6.07, 6.45) is 3.56. The predicted molar refractivity (Wildman–Crippen MR) is 103 cm³/mol. The first kappa shape index (κ1) is 20.3. The Hall–Kier alpha value is -1.02. The summed E-state index contributed by atoms with van der Waals surface area (Å²) in [4.78, 5) is 15.6. The van der Waals surface area contributed by atoms with Crippen LogP contribution in [0.15, 0.2) is 17.7 Å². The molecule has 1 fully saturated rings. The molecule has 1 saturated heterocycles. The largest absolute Gasteiger partial charge is 0.491 e. The van der Waals surface area contributed by atoms with Crippen molar-refractivity contribution in [2.24, 2.45) is 0 Å². The van der Waals surface area contributed by atoms with Crippen LogP contribution in [0.3, 0.4) is 0 Å². The highest BCUT2D eigenvalue weighted by molar-refractivity contribution is 8.13. The van der Waals surface area contributed by atoms with Crippen molar-refractivity contribution in [3.63, 3.8) is 0 Å². The molecule has 1 aliphatic heterocycles. The van der Waals surface area contributed by atoms with Gasteiger partial charge in [0.2, 0.25) is 5.88 Å². The lowest BCUT2D eigenvalue weighted by Gasteiger charge is -2.32. The molecule has 2 rings (SSSR count). The van der Waals surface area contributed by atoms with Gasteiger partial charge in [0, 0.05) is 18.9 Å². The molecular formula is C17H23BClNO4S. The van der Waals surface area contributed by atoms with E-state index in [1.807, 2.05) is 33.8 Å². The van der Waals surface area contributed by atoms with Crippen LogP contribution >= 0.6 is 23.4 Å². The number of halogens is 1.